The van der Waals surface area contributed by atoms with E-state index in [-0.39, 0.29) is 5.56 Å². The average molecular weight is 484 g/mol. The molecule has 0 bridgehead atoms. The number of thiocarbonyl (C=S) groups is 1. The lowest BCUT2D eigenvalue weighted by atomic mass is 9.80. The van der Waals surface area contributed by atoms with E-state index in [1.165, 1.54) is 6.07 Å². The molecule has 0 fully saturated rings. The van der Waals surface area contributed by atoms with Gasteiger partial charge >= 0.3 is 0 Å². The maximum Gasteiger partial charge on any atom is 0.153 e. The SMILES string of the molecule is CCCCC1CCc2c(cc(F)c(-c3ccc(-c4cc(F)c(N=C=S)c(F)c4)c(C)c3)c2F)C1. The molecule has 4 rings (SSSR count). The van der Waals surface area contributed by atoms with Crippen molar-refractivity contribution < 1.29 is 17.6 Å². The highest BCUT2D eigenvalue weighted by Crippen LogP contribution is 2.38. The number of hydrogen-bond acceptors (Lipinski definition) is 2. The highest BCUT2D eigenvalue weighted by Gasteiger charge is 2.26. The monoisotopic (exact) mass is 483 g/mol. The number of aliphatic imine (C=N–C) groups is 1. The van der Waals surface area contributed by atoms with E-state index in [1.54, 1.807) is 25.1 Å². The van der Waals surface area contributed by atoms with Gasteiger partial charge in [0.15, 0.2) is 11.6 Å². The Labute approximate surface area is 202 Å². The van der Waals surface area contributed by atoms with Gasteiger partial charge in [-0.2, -0.15) is 4.99 Å². The average Bonchev–Trinajstić information content (AvgIpc) is 2.80. The van der Waals surface area contributed by atoms with Gasteiger partial charge in [-0.1, -0.05) is 44.4 Å². The summed E-state index contributed by atoms with van der Waals surface area (Å²) in [7, 11) is 0. The molecule has 0 spiro atoms. The largest absolute Gasteiger partial charge is 0.206 e. The molecule has 34 heavy (non-hydrogen) atoms. The van der Waals surface area contributed by atoms with Crippen LogP contribution in [-0.4, -0.2) is 5.16 Å². The van der Waals surface area contributed by atoms with Gasteiger partial charge in [-0.25, -0.2) is 17.6 Å². The van der Waals surface area contributed by atoms with E-state index in [0.29, 0.717) is 46.6 Å². The molecule has 0 N–H and O–H groups in total. The second kappa shape index (κ2) is 10.2. The Bertz CT molecular complexity index is 1270. The first-order valence-corrected chi connectivity index (χ1v) is 11.9. The van der Waals surface area contributed by atoms with E-state index in [9.17, 15) is 8.78 Å². The molecule has 176 valence electrons. The summed E-state index contributed by atoms with van der Waals surface area (Å²) in [4.78, 5) is 3.42. The fraction of sp³-hybridized carbons (Fsp3) is 0.321. The van der Waals surface area contributed by atoms with Crippen molar-refractivity contribution in [2.45, 2.75) is 52.4 Å². The Balaban J connectivity index is 1.70. The van der Waals surface area contributed by atoms with Crippen LogP contribution in [0.4, 0.5) is 23.2 Å². The number of unbranched alkanes of at least 4 members (excludes halogenated alkanes) is 1. The summed E-state index contributed by atoms with van der Waals surface area (Å²) in [6.07, 6.45) is 5.56. The van der Waals surface area contributed by atoms with E-state index in [0.717, 1.165) is 43.4 Å². The Morgan fingerprint density at radius 3 is 2.38 bits per heavy atom. The Hall–Kier alpha value is -2.82. The number of aryl methyl sites for hydroxylation is 1. The highest BCUT2D eigenvalue weighted by atomic mass is 32.1. The molecule has 6 heteroatoms. The second-order valence-electron chi connectivity index (χ2n) is 8.96. The van der Waals surface area contributed by atoms with Gasteiger partial charge in [-0.15, -0.1) is 0 Å². The van der Waals surface area contributed by atoms with Crippen LogP contribution < -0.4 is 0 Å². The summed E-state index contributed by atoms with van der Waals surface area (Å²) in [5.74, 6) is -2.34. The zero-order chi connectivity index (χ0) is 24.4. The fourth-order valence-electron chi connectivity index (χ4n) is 4.94. The summed E-state index contributed by atoms with van der Waals surface area (Å²) in [6.45, 7) is 3.89. The molecule has 1 aliphatic carbocycles. The summed E-state index contributed by atoms with van der Waals surface area (Å²) in [6, 6.07) is 8.66. The minimum atomic E-state index is -0.861. The van der Waals surface area contributed by atoms with Gasteiger partial charge in [0, 0.05) is 0 Å². The van der Waals surface area contributed by atoms with Crippen molar-refractivity contribution in [1.82, 2.24) is 0 Å². The van der Waals surface area contributed by atoms with E-state index < -0.39 is 29.0 Å². The van der Waals surface area contributed by atoms with Crippen molar-refractivity contribution in [3.05, 3.63) is 76.4 Å². The van der Waals surface area contributed by atoms with Crippen molar-refractivity contribution in [1.29, 1.82) is 0 Å². The number of benzene rings is 3. The molecule has 0 saturated heterocycles. The maximum absolute atomic E-state index is 15.5. The lowest BCUT2D eigenvalue weighted by molar-refractivity contribution is 0.403. The number of hydrogen-bond donors (Lipinski definition) is 0. The van der Waals surface area contributed by atoms with E-state index in [1.807, 2.05) is 5.16 Å². The third-order valence-electron chi connectivity index (χ3n) is 6.69. The number of isothiocyanates is 1. The van der Waals surface area contributed by atoms with Crippen molar-refractivity contribution in [2.75, 3.05) is 0 Å². The molecule has 3 aromatic rings. The quantitative estimate of drug-likeness (QED) is 0.194. The molecule has 0 saturated carbocycles. The standard InChI is InChI=1S/C28H25F4NS/c1-3-4-5-17-6-8-22-19(11-17)12-23(29)26(27(22)32)18-7-9-21(16(2)10-18)20-13-24(30)28(33-15-34)25(31)14-20/h7,9-10,12-14,17H,3-6,8,11H2,1-2H3. The smallest absolute Gasteiger partial charge is 0.153 e. The van der Waals surface area contributed by atoms with Crippen LogP contribution >= 0.6 is 12.2 Å². The zero-order valence-corrected chi connectivity index (χ0v) is 20.0. The molecule has 1 unspecified atom stereocenters. The van der Waals surface area contributed by atoms with Gasteiger partial charge in [-0.3, -0.25) is 0 Å². The number of rotatable bonds is 6. The summed E-state index contributed by atoms with van der Waals surface area (Å²) in [5, 5.41) is 1.96. The first kappa shape index (κ1) is 24.3. The third-order valence-corrected chi connectivity index (χ3v) is 6.78. The van der Waals surface area contributed by atoms with Crippen LogP contribution in [0.1, 0.15) is 49.3 Å². The molecule has 0 radical (unpaired) electrons. The normalized spacial score (nSPS) is 15.1. The van der Waals surface area contributed by atoms with E-state index in [4.69, 9.17) is 0 Å². The Kier molecular flexibility index (Phi) is 7.30. The maximum atomic E-state index is 15.5. The van der Waals surface area contributed by atoms with Crippen LogP contribution in [-0.2, 0) is 12.8 Å². The minimum absolute atomic E-state index is 0.0524. The molecule has 3 aromatic carbocycles. The number of nitrogens with zero attached hydrogens (tertiary/aromatic N) is 1. The van der Waals surface area contributed by atoms with E-state index in [2.05, 4.69) is 24.1 Å². The van der Waals surface area contributed by atoms with Crippen LogP contribution in [0.25, 0.3) is 22.3 Å². The highest BCUT2D eigenvalue weighted by molar-refractivity contribution is 7.78. The fourth-order valence-corrected chi connectivity index (χ4v) is 5.03. The summed E-state index contributed by atoms with van der Waals surface area (Å²) < 4.78 is 59.2. The molecule has 0 heterocycles. The first-order chi connectivity index (χ1) is 16.3. The van der Waals surface area contributed by atoms with Gasteiger partial charge in [0.2, 0.25) is 0 Å². The third kappa shape index (κ3) is 4.70. The summed E-state index contributed by atoms with van der Waals surface area (Å²) in [5.41, 5.74) is 2.71. The van der Waals surface area contributed by atoms with Crippen molar-refractivity contribution in [3.63, 3.8) is 0 Å². The topological polar surface area (TPSA) is 12.4 Å². The molecule has 0 aromatic heterocycles. The van der Waals surface area contributed by atoms with Crippen molar-refractivity contribution in [2.24, 2.45) is 10.9 Å². The molecule has 1 nitrogen and oxygen atoms in total. The molecule has 0 aliphatic heterocycles. The van der Waals surface area contributed by atoms with Gasteiger partial charge in [0.25, 0.3) is 0 Å². The predicted molar refractivity (Wildman–Crippen MR) is 132 cm³/mol. The Morgan fingerprint density at radius 1 is 1.00 bits per heavy atom. The van der Waals surface area contributed by atoms with Crippen LogP contribution in [0, 0.1) is 36.1 Å². The zero-order valence-electron chi connectivity index (χ0n) is 19.2. The van der Waals surface area contributed by atoms with E-state index >= 15 is 8.78 Å². The summed E-state index contributed by atoms with van der Waals surface area (Å²) >= 11 is 4.43. The predicted octanol–water partition coefficient (Wildman–Crippen LogP) is 8.91. The molecule has 1 atom stereocenters. The van der Waals surface area contributed by atoms with Crippen molar-refractivity contribution >= 4 is 23.1 Å². The second-order valence-corrected chi connectivity index (χ2v) is 9.14. The van der Waals surface area contributed by atoms with Crippen molar-refractivity contribution in [3.8, 4) is 22.3 Å². The first-order valence-electron chi connectivity index (χ1n) is 11.5. The lowest BCUT2D eigenvalue weighted by Crippen LogP contribution is -2.17. The Morgan fingerprint density at radius 2 is 1.74 bits per heavy atom. The molecular formula is C28H25F4NS. The van der Waals surface area contributed by atoms with Gasteiger partial charge in [0.05, 0.1) is 10.7 Å². The molecular weight excluding hydrogens is 458 g/mol. The number of fused-ring (bicyclic) bond motifs is 1. The molecule has 0 amide bonds. The van der Waals surface area contributed by atoms with Crippen LogP contribution in [0.3, 0.4) is 0 Å². The van der Waals surface area contributed by atoms with Gasteiger partial charge in [-0.05, 0) is 95.9 Å². The molecule has 1 aliphatic rings. The van der Waals surface area contributed by atoms with Gasteiger partial charge < -0.3 is 0 Å². The minimum Gasteiger partial charge on any atom is -0.206 e. The number of halogens is 4. The van der Waals surface area contributed by atoms with Crippen LogP contribution in [0.15, 0.2) is 41.4 Å². The van der Waals surface area contributed by atoms with Crippen LogP contribution in [0.5, 0.6) is 0 Å². The van der Waals surface area contributed by atoms with Crippen LogP contribution in [0.2, 0.25) is 0 Å². The lowest BCUT2D eigenvalue weighted by Gasteiger charge is -2.26. The van der Waals surface area contributed by atoms with Gasteiger partial charge in [0.1, 0.15) is 17.3 Å².